The van der Waals surface area contributed by atoms with Gasteiger partial charge in [0.05, 0.1) is 12.3 Å². The number of nitrogens with one attached hydrogen (secondary N) is 1. The smallest absolute Gasteiger partial charge is 0.251 e. The number of hydrogen-bond donors (Lipinski definition) is 1. The van der Waals surface area contributed by atoms with E-state index in [2.05, 4.69) is 22.0 Å². The molecule has 6 heteroatoms. The third kappa shape index (κ3) is 5.37. The van der Waals surface area contributed by atoms with Crippen molar-refractivity contribution in [3.05, 3.63) is 89.6 Å². The Labute approximate surface area is 188 Å². The summed E-state index contributed by atoms with van der Waals surface area (Å²) < 4.78 is 18.9. The molecule has 2 aromatic carbocycles. The van der Waals surface area contributed by atoms with Crippen molar-refractivity contribution >= 4 is 11.6 Å². The van der Waals surface area contributed by atoms with E-state index < -0.39 is 0 Å². The van der Waals surface area contributed by atoms with E-state index in [9.17, 15) is 9.18 Å². The molecule has 1 unspecified atom stereocenters. The predicted octanol–water partition coefficient (Wildman–Crippen LogP) is 4.66. The summed E-state index contributed by atoms with van der Waals surface area (Å²) in [5.74, 6) is 0.550. The molecule has 5 nitrogen and oxygen atoms in total. The molecule has 0 spiro atoms. The van der Waals surface area contributed by atoms with Crippen molar-refractivity contribution < 1.29 is 13.6 Å². The molecule has 32 heavy (non-hydrogen) atoms. The van der Waals surface area contributed by atoms with Crippen LogP contribution in [0.25, 0.3) is 0 Å². The first-order valence-corrected chi connectivity index (χ1v) is 11.3. The van der Waals surface area contributed by atoms with Crippen LogP contribution < -0.4 is 10.2 Å². The van der Waals surface area contributed by atoms with Gasteiger partial charge in [0.1, 0.15) is 11.6 Å². The first-order chi connectivity index (χ1) is 15.6. The van der Waals surface area contributed by atoms with Crippen LogP contribution in [0.1, 0.15) is 41.1 Å². The van der Waals surface area contributed by atoms with E-state index in [1.54, 1.807) is 6.26 Å². The van der Waals surface area contributed by atoms with Crippen molar-refractivity contribution in [2.24, 2.45) is 0 Å². The van der Waals surface area contributed by atoms with Gasteiger partial charge in [-0.2, -0.15) is 0 Å². The molecule has 0 saturated carbocycles. The van der Waals surface area contributed by atoms with E-state index in [0.717, 1.165) is 50.5 Å². The number of rotatable bonds is 8. The second-order valence-corrected chi connectivity index (χ2v) is 8.19. The SMILES string of the molecule is CCCc1ccc(C(=O)NCC(c2ccco2)N2CCN(c3ccc(F)cc3)CC2)cc1. The normalized spacial score (nSPS) is 15.5. The molecule has 168 valence electrons. The van der Waals surface area contributed by atoms with Crippen LogP contribution in [0.5, 0.6) is 0 Å². The Morgan fingerprint density at radius 2 is 1.75 bits per heavy atom. The second-order valence-electron chi connectivity index (χ2n) is 8.19. The van der Waals surface area contributed by atoms with Gasteiger partial charge in [-0.1, -0.05) is 25.5 Å². The molecule has 1 fully saturated rings. The lowest BCUT2D eigenvalue weighted by Gasteiger charge is -2.39. The van der Waals surface area contributed by atoms with Gasteiger partial charge in [-0.05, 0) is 60.5 Å². The van der Waals surface area contributed by atoms with Gasteiger partial charge < -0.3 is 14.6 Å². The lowest BCUT2D eigenvalue weighted by molar-refractivity contribution is 0.0923. The molecule has 1 atom stereocenters. The van der Waals surface area contributed by atoms with Crippen molar-refractivity contribution in [1.82, 2.24) is 10.2 Å². The van der Waals surface area contributed by atoms with E-state index in [1.807, 2.05) is 48.5 Å². The van der Waals surface area contributed by atoms with Crippen LogP contribution in [0.2, 0.25) is 0 Å². The van der Waals surface area contributed by atoms with Gasteiger partial charge in [-0.3, -0.25) is 9.69 Å². The van der Waals surface area contributed by atoms with E-state index >= 15 is 0 Å². The summed E-state index contributed by atoms with van der Waals surface area (Å²) in [6, 6.07) is 18.3. The molecule has 3 aromatic rings. The van der Waals surface area contributed by atoms with Crippen molar-refractivity contribution in [3.8, 4) is 0 Å². The van der Waals surface area contributed by atoms with Crippen LogP contribution >= 0.6 is 0 Å². The molecule has 0 radical (unpaired) electrons. The average Bonchev–Trinajstić information content (AvgIpc) is 3.35. The predicted molar refractivity (Wildman–Crippen MR) is 124 cm³/mol. The molecule has 1 amide bonds. The van der Waals surface area contributed by atoms with Crippen LogP contribution in [0.3, 0.4) is 0 Å². The Morgan fingerprint density at radius 1 is 1.03 bits per heavy atom. The summed E-state index contributed by atoms with van der Waals surface area (Å²) >= 11 is 0. The number of carbonyl (C=O) groups excluding carboxylic acids is 1. The van der Waals surface area contributed by atoms with E-state index in [0.29, 0.717) is 12.1 Å². The molecule has 0 aliphatic carbocycles. The molecule has 0 bridgehead atoms. The molecule has 1 aliphatic heterocycles. The minimum atomic E-state index is -0.221. The molecule has 1 aromatic heterocycles. The molecular formula is C26H30FN3O2. The molecule has 2 heterocycles. The van der Waals surface area contributed by atoms with Crippen molar-refractivity contribution in [2.45, 2.75) is 25.8 Å². The quantitative estimate of drug-likeness (QED) is 0.559. The van der Waals surface area contributed by atoms with Crippen LogP contribution in [-0.2, 0) is 6.42 Å². The van der Waals surface area contributed by atoms with Crippen LogP contribution in [0.15, 0.2) is 71.3 Å². The summed E-state index contributed by atoms with van der Waals surface area (Å²) in [5, 5.41) is 3.09. The van der Waals surface area contributed by atoms with Crippen molar-refractivity contribution in [3.63, 3.8) is 0 Å². The van der Waals surface area contributed by atoms with E-state index in [-0.39, 0.29) is 17.8 Å². The highest BCUT2D eigenvalue weighted by Gasteiger charge is 2.27. The van der Waals surface area contributed by atoms with Crippen LogP contribution in [0.4, 0.5) is 10.1 Å². The molecule has 1 N–H and O–H groups in total. The lowest BCUT2D eigenvalue weighted by Crippen LogP contribution is -2.49. The first kappa shape index (κ1) is 22.1. The van der Waals surface area contributed by atoms with E-state index in [4.69, 9.17) is 4.42 Å². The molecule has 1 aliphatic rings. The van der Waals surface area contributed by atoms with Gasteiger partial charge in [0.15, 0.2) is 0 Å². The summed E-state index contributed by atoms with van der Waals surface area (Å²) in [7, 11) is 0. The zero-order valence-corrected chi connectivity index (χ0v) is 18.5. The highest BCUT2D eigenvalue weighted by atomic mass is 19.1. The minimum Gasteiger partial charge on any atom is -0.468 e. The number of aryl methyl sites for hydroxylation is 1. The topological polar surface area (TPSA) is 48.7 Å². The molecular weight excluding hydrogens is 405 g/mol. The number of halogens is 1. The molecule has 1 saturated heterocycles. The number of benzene rings is 2. The van der Waals surface area contributed by atoms with Gasteiger partial charge in [-0.25, -0.2) is 4.39 Å². The summed E-state index contributed by atoms with van der Waals surface area (Å²) in [5.41, 5.74) is 2.95. The maximum atomic E-state index is 13.2. The maximum Gasteiger partial charge on any atom is 0.251 e. The van der Waals surface area contributed by atoms with E-state index in [1.165, 1.54) is 17.7 Å². The highest BCUT2D eigenvalue weighted by Crippen LogP contribution is 2.24. The zero-order valence-electron chi connectivity index (χ0n) is 18.5. The van der Waals surface area contributed by atoms with Gasteiger partial charge in [-0.15, -0.1) is 0 Å². The number of carbonyl (C=O) groups is 1. The fourth-order valence-electron chi connectivity index (χ4n) is 4.24. The number of anilines is 1. The average molecular weight is 436 g/mol. The van der Waals surface area contributed by atoms with Crippen molar-refractivity contribution in [2.75, 3.05) is 37.6 Å². The zero-order chi connectivity index (χ0) is 22.3. The summed E-state index contributed by atoms with van der Waals surface area (Å²) in [6.45, 7) is 5.93. The fourth-order valence-corrected chi connectivity index (χ4v) is 4.24. The number of hydrogen-bond acceptors (Lipinski definition) is 4. The summed E-state index contributed by atoms with van der Waals surface area (Å²) in [6.07, 6.45) is 3.78. The maximum absolute atomic E-state index is 13.2. The monoisotopic (exact) mass is 435 g/mol. The molecule has 4 rings (SSSR count). The largest absolute Gasteiger partial charge is 0.468 e. The van der Waals surface area contributed by atoms with Gasteiger partial charge >= 0.3 is 0 Å². The highest BCUT2D eigenvalue weighted by molar-refractivity contribution is 5.94. The third-order valence-corrected chi connectivity index (χ3v) is 6.03. The Hall–Kier alpha value is -3.12. The van der Waals surface area contributed by atoms with Crippen molar-refractivity contribution in [1.29, 1.82) is 0 Å². The number of furan rings is 1. The Bertz CT molecular complexity index is 979. The Balaban J connectivity index is 1.38. The Morgan fingerprint density at radius 3 is 2.38 bits per heavy atom. The van der Waals surface area contributed by atoms with Gasteiger partial charge in [0, 0.05) is 44.0 Å². The number of piperazine rings is 1. The Kier molecular flexibility index (Phi) is 7.22. The van der Waals surface area contributed by atoms with Gasteiger partial charge in [0.2, 0.25) is 0 Å². The lowest BCUT2D eigenvalue weighted by atomic mass is 10.1. The minimum absolute atomic E-state index is 0.0383. The fraction of sp³-hybridized carbons (Fsp3) is 0.346. The first-order valence-electron chi connectivity index (χ1n) is 11.3. The van der Waals surface area contributed by atoms with Crippen LogP contribution in [0, 0.1) is 5.82 Å². The summed E-state index contributed by atoms with van der Waals surface area (Å²) in [4.78, 5) is 17.3. The number of amides is 1. The second kappa shape index (κ2) is 10.5. The van der Waals surface area contributed by atoms with Gasteiger partial charge in [0.25, 0.3) is 5.91 Å². The van der Waals surface area contributed by atoms with Crippen LogP contribution in [-0.4, -0.2) is 43.5 Å². The number of nitrogens with zero attached hydrogens (tertiary/aromatic N) is 2. The standard InChI is InChI=1S/C26H30FN3O2/c1-2-4-20-6-8-21(9-7-20)26(31)28-19-24(25-5-3-18-32-25)30-16-14-29(15-17-30)23-12-10-22(27)11-13-23/h3,5-13,18,24H,2,4,14-17,19H2,1H3,(H,28,31). The third-order valence-electron chi connectivity index (χ3n) is 6.03.